The molecule has 2 rings (SSSR count). The van der Waals surface area contributed by atoms with Crippen LogP contribution in [0.2, 0.25) is 0 Å². The molecule has 1 atom stereocenters. The zero-order valence-electron chi connectivity index (χ0n) is 13.2. The molecule has 0 aliphatic carbocycles. The molecular weight excluding hydrogens is 284 g/mol. The average Bonchev–Trinajstić information content (AvgIpc) is 2.94. The quantitative estimate of drug-likeness (QED) is 0.876. The van der Waals surface area contributed by atoms with Gasteiger partial charge in [-0.2, -0.15) is 0 Å². The molecule has 110 valence electrons. The number of thiazole rings is 1. The lowest BCUT2D eigenvalue weighted by Crippen LogP contribution is -2.21. The number of rotatable bonds is 4. The number of thiophene rings is 1. The minimum Gasteiger partial charge on any atom is -0.304 e. The Morgan fingerprint density at radius 3 is 2.35 bits per heavy atom. The maximum atomic E-state index is 4.74. The van der Waals surface area contributed by atoms with Crippen molar-refractivity contribution in [2.45, 2.75) is 53.0 Å². The van der Waals surface area contributed by atoms with E-state index in [1.54, 1.807) is 0 Å². The van der Waals surface area contributed by atoms with Gasteiger partial charge >= 0.3 is 0 Å². The van der Waals surface area contributed by atoms with Crippen molar-refractivity contribution in [3.05, 3.63) is 37.5 Å². The number of nitrogens with zero attached hydrogens (tertiary/aromatic N) is 1. The summed E-state index contributed by atoms with van der Waals surface area (Å²) in [5.41, 5.74) is 1.37. The fourth-order valence-corrected chi connectivity index (χ4v) is 4.28. The van der Waals surface area contributed by atoms with Crippen molar-refractivity contribution < 1.29 is 0 Å². The van der Waals surface area contributed by atoms with Gasteiger partial charge in [0, 0.05) is 14.6 Å². The summed E-state index contributed by atoms with van der Waals surface area (Å²) in [5.74, 6) is 0. The number of nitrogens with one attached hydrogen (secondary N) is 1. The molecule has 2 heterocycles. The average molecular weight is 309 g/mol. The monoisotopic (exact) mass is 308 g/mol. The van der Waals surface area contributed by atoms with Gasteiger partial charge in [0.1, 0.15) is 5.01 Å². The maximum absolute atomic E-state index is 4.74. The van der Waals surface area contributed by atoms with Crippen LogP contribution < -0.4 is 5.32 Å². The van der Waals surface area contributed by atoms with Crippen molar-refractivity contribution >= 4 is 22.7 Å². The van der Waals surface area contributed by atoms with Crippen molar-refractivity contribution in [2.24, 2.45) is 0 Å². The molecule has 0 radical (unpaired) electrons. The van der Waals surface area contributed by atoms with E-state index in [2.05, 4.69) is 59.0 Å². The van der Waals surface area contributed by atoms with Gasteiger partial charge in [0.25, 0.3) is 0 Å². The lowest BCUT2D eigenvalue weighted by Gasteiger charge is -2.17. The Morgan fingerprint density at radius 2 is 1.90 bits per heavy atom. The van der Waals surface area contributed by atoms with E-state index in [1.807, 2.05) is 22.7 Å². The second-order valence-electron chi connectivity index (χ2n) is 6.14. The molecule has 1 N–H and O–H groups in total. The first-order valence-corrected chi connectivity index (χ1v) is 8.73. The van der Waals surface area contributed by atoms with Gasteiger partial charge in [0.2, 0.25) is 0 Å². The fourth-order valence-electron chi connectivity index (χ4n) is 2.05. The number of hydrogen-bond acceptors (Lipinski definition) is 4. The van der Waals surface area contributed by atoms with E-state index >= 15 is 0 Å². The smallest absolute Gasteiger partial charge is 0.115 e. The molecule has 4 heteroatoms. The minimum atomic E-state index is 0.217. The highest BCUT2D eigenvalue weighted by molar-refractivity contribution is 7.13. The molecule has 0 saturated heterocycles. The van der Waals surface area contributed by atoms with E-state index in [-0.39, 0.29) is 11.5 Å². The Morgan fingerprint density at radius 1 is 1.20 bits per heavy atom. The lowest BCUT2D eigenvalue weighted by atomic mass is 9.95. The largest absolute Gasteiger partial charge is 0.304 e. The highest BCUT2D eigenvalue weighted by Gasteiger charge is 2.22. The molecule has 2 nitrogen and oxygen atoms in total. The van der Waals surface area contributed by atoms with Gasteiger partial charge in [0.05, 0.1) is 11.7 Å². The van der Waals surface area contributed by atoms with Crippen LogP contribution in [0.4, 0.5) is 0 Å². The number of aromatic nitrogens is 1. The first-order chi connectivity index (χ1) is 9.32. The Bertz CT molecular complexity index is 556. The van der Waals surface area contributed by atoms with Gasteiger partial charge in [-0.15, -0.1) is 22.7 Å². The van der Waals surface area contributed by atoms with Crippen molar-refractivity contribution in [1.29, 1.82) is 0 Å². The van der Waals surface area contributed by atoms with E-state index in [4.69, 9.17) is 4.98 Å². The van der Waals surface area contributed by atoms with Crippen LogP contribution in [0.15, 0.2) is 12.1 Å². The normalized spacial score (nSPS) is 13.7. The zero-order chi connectivity index (χ0) is 14.9. The molecule has 2 aromatic rings. The molecule has 0 amide bonds. The van der Waals surface area contributed by atoms with Crippen LogP contribution in [0.1, 0.15) is 59.1 Å². The molecule has 0 saturated carbocycles. The van der Waals surface area contributed by atoms with Gasteiger partial charge in [-0.1, -0.05) is 27.7 Å². The van der Waals surface area contributed by atoms with E-state index in [9.17, 15) is 0 Å². The Hall–Kier alpha value is -0.710. The van der Waals surface area contributed by atoms with Crippen LogP contribution in [0.25, 0.3) is 0 Å². The van der Waals surface area contributed by atoms with Crippen molar-refractivity contribution in [3.63, 3.8) is 0 Å². The van der Waals surface area contributed by atoms with Crippen molar-refractivity contribution in [2.75, 3.05) is 6.54 Å². The molecule has 0 fully saturated rings. The van der Waals surface area contributed by atoms with Crippen LogP contribution >= 0.6 is 22.7 Å². The summed E-state index contributed by atoms with van der Waals surface area (Å²) in [7, 11) is 0. The summed E-state index contributed by atoms with van der Waals surface area (Å²) in [5, 5.41) is 4.76. The third kappa shape index (κ3) is 3.30. The predicted molar refractivity (Wildman–Crippen MR) is 90.1 cm³/mol. The Kier molecular flexibility index (Phi) is 4.67. The summed E-state index contributed by atoms with van der Waals surface area (Å²) in [6, 6.07) is 4.75. The molecule has 0 aromatic carbocycles. The highest BCUT2D eigenvalue weighted by Crippen LogP contribution is 2.36. The first kappa shape index (κ1) is 15.7. The van der Waals surface area contributed by atoms with Crippen molar-refractivity contribution in [3.8, 4) is 0 Å². The molecular formula is C16H24N2S2. The molecule has 0 aliphatic rings. The molecule has 2 aromatic heterocycles. The first-order valence-electron chi connectivity index (χ1n) is 7.10. The SMILES string of the molecule is CCNC(c1ccc(C(C)(C)C)s1)c1nc(C)c(C)s1. The number of hydrogen-bond donors (Lipinski definition) is 1. The maximum Gasteiger partial charge on any atom is 0.115 e. The van der Waals surface area contributed by atoms with E-state index in [0.29, 0.717) is 0 Å². The predicted octanol–water partition coefficient (Wildman–Crippen LogP) is 4.82. The zero-order valence-corrected chi connectivity index (χ0v) is 14.8. The third-order valence-electron chi connectivity index (χ3n) is 3.35. The van der Waals surface area contributed by atoms with Crippen LogP contribution in [-0.4, -0.2) is 11.5 Å². The molecule has 20 heavy (non-hydrogen) atoms. The van der Waals surface area contributed by atoms with Crippen LogP contribution in [0.3, 0.4) is 0 Å². The summed E-state index contributed by atoms with van der Waals surface area (Å²) in [4.78, 5) is 8.85. The van der Waals surface area contributed by atoms with Gasteiger partial charge in [-0.3, -0.25) is 0 Å². The molecule has 0 spiro atoms. The van der Waals surface area contributed by atoms with Crippen LogP contribution in [0.5, 0.6) is 0 Å². The topological polar surface area (TPSA) is 24.9 Å². The number of aryl methyl sites for hydroxylation is 2. The standard InChI is InChI=1S/C16H24N2S2/c1-7-17-14(15-18-10(2)11(3)19-15)12-8-9-13(20-12)16(4,5)6/h8-9,14,17H,7H2,1-6H3. The second kappa shape index (κ2) is 5.96. The third-order valence-corrected chi connectivity index (χ3v) is 6.06. The van der Waals surface area contributed by atoms with Crippen LogP contribution in [0, 0.1) is 13.8 Å². The van der Waals surface area contributed by atoms with Crippen molar-refractivity contribution in [1.82, 2.24) is 10.3 Å². The molecule has 0 bridgehead atoms. The second-order valence-corrected chi connectivity index (χ2v) is 8.49. The van der Waals surface area contributed by atoms with Gasteiger partial charge in [0.15, 0.2) is 0 Å². The van der Waals surface area contributed by atoms with Gasteiger partial charge in [-0.05, 0) is 37.9 Å². The minimum absolute atomic E-state index is 0.217. The highest BCUT2D eigenvalue weighted by atomic mass is 32.1. The summed E-state index contributed by atoms with van der Waals surface area (Å²) < 4.78 is 0. The summed E-state index contributed by atoms with van der Waals surface area (Å²) >= 11 is 3.71. The summed E-state index contributed by atoms with van der Waals surface area (Å²) in [6.07, 6.45) is 0. The van der Waals surface area contributed by atoms with E-state index < -0.39 is 0 Å². The summed E-state index contributed by atoms with van der Waals surface area (Å²) in [6.45, 7) is 14.1. The molecule has 1 unspecified atom stereocenters. The van der Waals surface area contributed by atoms with Gasteiger partial charge in [-0.25, -0.2) is 4.98 Å². The lowest BCUT2D eigenvalue weighted by molar-refractivity contribution is 0.604. The van der Waals surface area contributed by atoms with Crippen LogP contribution in [-0.2, 0) is 5.41 Å². The van der Waals surface area contributed by atoms with E-state index in [1.165, 1.54) is 19.6 Å². The molecule has 0 aliphatic heterocycles. The van der Waals surface area contributed by atoms with E-state index in [0.717, 1.165) is 12.2 Å². The fraction of sp³-hybridized carbons (Fsp3) is 0.562. The Balaban J connectivity index is 2.36. The Labute approximate surface area is 130 Å². The van der Waals surface area contributed by atoms with Gasteiger partial charge < -0.3 is 5.32 Å².